The highest BCUT2D eigenvalue weighted by Crippen LogP contribution is 2.40. The molecule has 1 aromatic carbocycles. The molecule has 3 rings (SSSR count). The van der Waals surface area contributed by atoms with E-state index in [1.54, 1.807) is 12.1 Å². The van der Waals surface area contributed by atoms with E-state index in [4.69, 9.17) is 4.84 Å². The maximum absolute atomic E-state index is 14.4. The lowest BCUT2D eigenvalue weighted by atomic mass is 9.99. The predicted octanol–water partition coefficient (Wildman–Crippen LogP) is 2.47. The van der Waals surface area contributed by atoms with Crippen LogP contribution in [-0.4, -0.2) is 16.4 Å². The van der Waals surface area contributed by atoms with Crippen LogP contribution in [0, 0.1) is 0 Å². The highest BCUT2D eigenvalue weighted by Gasteiger charge is 2.42. The number of alkyl halides is 2. The molecule has 0 saturated carbocycles. The van der Waals surface area contributed by atoms with Crippen molar-refractivity contribution >= 4 is 6.34 Å². The number of hydrogen-bond donors (Lipinski definition) is 2. The van der Waals surface area contributed by atoms with Gasteiger partial charge in [0.15, 0.2) is 6.10 Å². The smallest absolute Gasteiger partial charge is 0.304 e. The van der Waals surface area contributed by atoms with Crippen LogP contribution in [0.2, 0.25) is 0 Å². The summed E-state index contributed by atoms with van der Waals surface area (Å²) in [4.78, 5) is 12.8. The van der Waals surface area contributed by atoms with Crippen LogP contribution in [0.3, 0.4) is 0 Å². The Kier molecular flexibility index (Phi) is 3.82. The Labute approximate surface area is 125 Å². The fraction of sp³-hybridized carbons (Fsp3) is 0.200. The van der Waals surface area contributed by atoms with Crippen molar-refractivity contribution in [2.45, 2.75) is 18.3 Å². The van der Waals surface area contributed by atoms with Crippen molar-refractivity contribution in [3.63, 3.8) is 0 Å². The van der Waals surface area contributed by atoms with Gasteiger partial charge in [-0.1, -0.05) is 30.3 Å². The number of hydrogen-bond acceptors (Lipinski definition) is 5. The van der Waals surface area contributed by atoms with Gasteiger partial charge in [0.05, 0.1) is 5.69 Å². The maximum atomic E-state index is 14.4. The van der Waals surface area contributed by atoms with Crippen molar-refractivity contribution < 1.29 is 18.7 Å². The Morgan fingerprint density at radius 2 is 1.95 bits per heavy atom. The second-order valence-electron chi connectivity index (χ2n) is 4.77. The Morgan fingerprint density at radius 1 is 1.18 bits per heavy atom. The van der Waals surface area contributed by atoms with Crippen LogP contribution < -0.4 is 5.48 Å². The molecule has 22 heavy (non-hydrogen) atoms. The van der Waals surface area contributed by atoms with Gasteiger partial charge in [0.1, 0.15) is 6.34 Å². The second-order valence-corrected chi connectivity index (χ2v) is 4.77. The maximum Gasteiger partial charge on any atom is 0.304 e. The molecule has 1 aliphatic rings. The number of aliphatic imine (C=N–C) groups is 1. The van der Waals surface area contributed by atoms with E-state index in [-0.39, 0.29) is 11.3 Å². The molecule has 2 heterocycles. The van der Waals surface area contributed by atoms with Crippen molar-refractivity contribution in [1.29, 1.82) is 0 Å². The summed E-state index contributed by atoms with van der Waals surface area (Å²) in [6.45, 7) is 0. The van der Waals surface area contributed by atoms with Crippen molar-refractivity contribution in [1.82, 2.24) is 10.5 Å². The van der Waals surface area contributed by atoms with E-state index in [2.05, 4.69) is 15.5 Å². The summed E-state index contributed by atoms with van der Waals surface area (Å²) in [5.41, 5.74) is 2.72. The number of benzene rings is 1. The molecule has 0 amide bonds. The molecule has 7 heteroatoms. The van der Waals surface area contributed by atoms with Crippen LogP contribution >= 0.6 is 0 Å². The van der Waals surface area contributed by atoms with Crippen LogP contribution in [0.5, 0.6) is 0 Å². The van der Waals surface area contributed by atoms with Gasteiger partial charge in [-0.3, -0.25) is 10.5 Å². The van der Waals surface area contributed by atoms with Gasteiger partial charge in [-0.05, 0) is 12.1 Å². The number of aliphatic hydroxyl groups is 1. The average molecular weight is 305 g/mol. The summed E-state index contributed by atoms with van der Waals surface area (Å²) in [5.74, 6) is -3.45. The Balaban J connectivity index is 1.84. The lowest BCUT2D eigenvalue weighted by molar-refractivity contribution is -0.119. The van der Waals surface area contributed by atoms with Crippen molar-refractivity contribution in [2.75, 3.05) is 0 Å². The van der Waals surface area contributed by atoms with Crippen molar-refractivity contribution in [3.8, 4) is 0 Å². The van der Waals surface area contributed by atoms with E-state index in [9.17, 15) is 13.9 Å². The first-order valence-corrected chi connectivity index (χ1v) is 6.59. The predicted molar refractivity (Wildman–Crippen MR) is 75.0 cm³/mol. The van der Waals surface area contributed by atoms with Crippen LogP contribution in [0.25, 0.3) is 0 Å². The van der Waals surface area contributed by atoms with Gasteiger partial charge in [0.2, 0.25) is 6.23 Å². The molecule has 2 aromatic rings. The number of nitrogens with zero attached hydrogens (tertiary/aromatic N) is 2. The van der Waals surface area contributed by atoms with Crippen molar-refractivity contribution in [3.05, 3.63) is 65.5 Å². The van der Waals surface area contributed by atoms with E-state index < -0.39 is 18.3 Å². The van der Waals surface area contributed by atoms with Crippen LogP contribution in [-0.2, 0) is 10.8 Å². The molecule has 1 aromatic heterocycles. The minimum absolute atomic E-state index is 0.0792. The molecule has 0 radical (unpaired) electrons. The number of rotatable bonds is 4. The number of aliphatic hydroxyl groups excluding tert-OH is 1. The molecule has 1 aliphatic heterocycles. The van der Waals surface area contributed by atoms with E-state index in [1.807, 2.05) is 0 Å². The normalized spacial score (nSPS) is 19.0. The summed E-state index contributed by atoms with van der Waals surface area (Å²) >= 11 is 0. The molecule has 0 fully saturated rings. The van der Waals surface area contributed by atoms with Gasteiger partial charge < -0.3 is 5.11 Å². The van der Waals surface area contributed by atoms with Gasteiger partial charge in [-0.2, -0.15) is 8.78 Å². The molecule has 114 valence electrons. The molecule has 2 unspecified atom stereocenters. The second kappa shape index (κ2) is 5.78. The first-order chi connectivity index (χ1) is 10.6. The molecule has 2 atom stereocenters. The van der Waals surface area contributed by atoms with E-state index >= 15 is 0 Å². The molecular formula is C15H13F2N3O2. The zero-order chi connectivity index (χ0) is 15.6. The first kappa shape index (κ1) is 14.6. The Bertz CT molecular complexity index is 662. The largest absolute Gasteiger partial charge is 0.380 e. The summed E-state index contributed by atoms with van der Waals surface area (Å²) in [6.07, 6.45) is 0.184. The van der Waals surface area contributed by atoms with E-state index in [0.29, 0.717) is 5.56 Å². The van der Waals surface area contributed by atoms with Gasteiger partial charge in [0, 0.05) is 17.3 Å². The number of halogens is 2. The minimum atomic E-state index is -3.45. The van der Waals surface area contributed by atoms with Crippen molar-refractivity contribution in [2.24, 2.45) is 4.99 Å². The lowest BCUT2D eigenvalue weighted by Gasteiger charge is -2.22. The topological polar surface area (TPSA) is 66.7 Å². The van der Waals surface area contributed by atoms with E-state index in [0.717, 1.165) is 0 Å². The fourth-order valence-corrected chi connectivity index (χ4v) is 2.13. The summed E-state index contributed by atoms with van der Waals surface area (Å²) < 4.78 is 28.8. The molecule has 0 bridgehead atoms. The number of nitrogens with one attached hydrogen (secondary N) is 1. The third-order valence-electron chi connectivity index (χ3n) is 3.33. The molecule has 5 nitrogen and oxygen atoms in total. The van der Waals surface area contributed by atoms with Crippen LogP contribution in [0.1, 0.15) is 29.2 Å². The minimum Gasteiger partial charge on any atom is -0.380 e. The SMILES string of the molecule is OC(c1ccccn1)C(F)(F)c1ccc(C2N=CNO2)cc1. The van der Waals surface area contributed by atoms with Crippen LogP contribution in [0.4, 0.5) is 8.78 Å². The van der Waals surface area contributed by atoms with Gasteiger partial charge in [-0.25, -0.2) is 9.83 Å². The van der Waals surface area contributed by atoms with Gasteiger partial charge in [-0.15, -0.1) is 0 Å². The zero-order valence-electron chi connectivity index (χ0n) is 11.4. The molecule has 2 N–H and O–H groups in total. The average Bonchev–Trinajstić information content (AvgIpc) is 3.09. The zero-order valence-corrected chi connectivity index (χ0v) is 11.4. The third kappa shape index (κ3) is 2.68. The Morgan fingerprint density at radius 3 is 2.55 bits per heavy atom. The van der Waals surface area contributed by atoms with E-state index in [1.165, 1.54) is 42.9 Å². The molecular weight excluding hydrogens is 292 g/mol. The molecule has 0 saturated heterocycles. The Hall–Kier alpha value is -2.38. The van der Waals surface area contributed by atoms with Gasteiger partial charge >= 0.3 is 5.92 Å². The quantitative estimate of drug-likeness (QED) is 0.910. The van der Waals surface area contributed by atoms with Crippen LogP contribution in [0.15, 0.2) is 53.7 Å². The standard InChI is InChI=1S/C15H13F2N3O2/c16-15(17,13(21)12-3-1-2-8-18-12)11-6-4-10(5-7-11)14-19-9-20-22-14/h1-9,13-14,21H,(H,19,20). The monoisotopic (exact) mass is 305 g/mol. The number of hydroxylamine groups is 1. The van der Waals surface area contributed by atoms with Gasteiger partial charge in [0.25, 0.3) is 0 Å². The lowest BCUT2D eigenvalue weighted by Crippen LogP contribution is -2.24. The fourth-order valence-electron chi connectivity index (χ4n) is 2.13. The summed E-state index contributed by atoms with van der Waals surface area (Å²) in [7, 11) is 0. The number of pyridine rings is 1. The number of aromatic nitrogens is 1. The first-order valence-electron chi connectivity index (χ1n) is 6.59. The third-order valence-corrected chi connectivity index (χ3v) is 3.33. The summed E-state index contributed by atoms with van der Waals surface area (Å²) in [6, 6.07) is 9.98. The molecule has 0 spiro atoms. The highest BCUT2D eigenvalue weighted by molar-refractivity contribution is 5.54. The molecule has 0 aliphatic carbocycles. The highest BCUT2D eigenvalue weighted by atomic mass is 19.3. The summed E-state index contributed by atoms with van der Waals surface area (Å²) in [5, 5.41) is 9.91.